The minimum absolute atomic E-state index is 0.0498. The Balaban J connectivity index is 0.00000190. The lowest BCUT2D eigenvalue weighted by molar-refractivity contribution is -0.132. The molecule has 0 heterocycles. The highest BCUT2D eigenvalue weighted by Crippen LogP contribution is 2.30. The largest absolute Gasteiger partial charge is 0.493 e. The van der Waals surface area contributed by atoms with Crippen molar-refractivity contribution in [2.45, 2.75) is 27.7 Å². The van der Waals surface area contributed by atoms with E-state index in [2.05, 4.69) is 5.32 Å². The van der Waals surface area contributed by atoms with Crippen molar-refractivity contribution < 1.29 is 29.0 Å². The summed E-state index contributed by atoms with van der Waals surface area (Å²) in [6, 6.07) is 7.08. The zero-order valence-electron chi connectivity index (χ0n) is 16.3. The number of carboxylic acids is 1. The van der Waals surface area contributed by atoms with Gasteiger partial charge in [0.05, 0.1) is 18.4 Å². The van der Waals surface area contributed by atoms with Crippen molar-refractivity contribution in [3.63, 3.8) is 0 Å². The van der Waals surface area contributed by atoms with Crippen molar-refractivity contribution in [2.75, 3.05) is 12.4 Å². The van der Waals surface area contributed by atoms with Gasteiger partial charge in [0.1, 0.15) is 0 Å². The summed E-state index contributed by atoms with van der Waals surface area (Å²) in [5.74, 6) is -1.92. The lowest BCUT2D eigenvalue weighted by atomic mass is 10.1. The van der Waals surface area contributed by atoms with Crippen molar-refractivity contribution in [2.24, 2.45) is 0 Å². The number of halogens is 1. The van der Waals surface area contributed by atoms with E-state index in [-0.39, 0.29) is 28.3 Å². The number of methoxy groups -OCH3 is 1. The van der Waals surface area contributed by atoms with Crippen LogP contribution in [0, 0.1) is 6.92 Å². The van der Waals surface area contributed by atoms with E-state index in [9.17, 15) is 19.5 Å². The third-order valence-corrected chi connectivity index (χ3v) is 3.66. The second-order valence-corrected chi connectivity index (χ2v) is 5.80. The number of carbonyl (C=O) groups is 3. The first-order chi connectivity index (χ1) is 13.2. The summed E-state index contributed by atoms with van der Waals surface area (Å²) in [5.41, 5.74) is 0.636. The third kappa shape index (κ3) is 5.72. The van der Waals surface area contributed by atoms with Gasteiger partial charge < -0.3 is 19.9 Å². The van der Waals surface area contributed by atoms with Crippen molar-refractivity contribution in [3.8, 4) is 11.5 Å². The van der Waals surface area contributed by atoms with Crippen LogP contribution in [0.25, 0.3) is 0 Å². The van der Waals surface area contributed by atoms with Gasteiger partial charge >= 0.3 is 11.9 Å². The molecule has 2 rings (SSSR count). The van der Waals surface area contributed by atoms with Gasteiger partial charge in [0, 0.05) is 17.5 Å². The zero-order chi connectivity index (χ0) is 21.4. The topological polar surface area (TPSA) is 102 Å². The number of rotatable bonds is 5. The molecule has 2 aromatic carbocycles. The van der Waals surface area contributed by atoms with Gasteiger partial charge in [0.2, 0.25) is 0 Å². The average molecular weight is 408 g/mol. The summed E-state index contributed by atoms with van der Waals surface area (Å²) in [6.07, 6.45) is 0. The molecule has 0 bridgehead atoms. The number of hydrogen-bond acceptors (Lipinski definition) is 5. The number of aromatic carboxylic acids is 1. The average Bonchev–Trinajstić information content (AvgIpc) is 2.62. The summed E-state index contributed by atoms with van der Waals surface area (Å²) in [4.78, 5) is 35.0. The van der Waals surface area contributed by atoms with Gasteiger partial charge in [-0.1, -0.05) is 25.4 Å². The minimum Gasteiger partial charge on any atom is -0.493 e. The van der Waals surface area contributed by atoms with Crippen LogP contribution in [0.4, 0.5) is 5.69 Å². The fourth-order valence-corrected chi connectivity index (χ4v) is 2.64. The Morgan fingerprint density at radius 2 is 1.71 bits per heavy atom. The van der Waals surface area contributed by atoms with Crippen LogP contribution >= 0.6 is 11.6 Å². The first-order valence-corrected chi connectivity index (χ1v) is 8.82. The van der Waals surface area contributed by atoms with Crippen LogP contribution in [-0.2, 0) is 4.79 Å². The molecule has 1 amide bonds. The number of nitrogens with one attached hydrogen (secondary N) is 1. The smallest absolute Gasteiger partial charge is 0.338 e. The van der Waals surface area contributed by atoms with E-state index in [0.29, 0.717) is 10.6 Å². The van der Waals surface area contributed by atoms with E-state index >= 15 is 0 Å². The van der Waals surface area contributed by atoms with Gasteiger partial charge in [-0.3, -0.25) is 9.59 Å². The Kier molecular flexibility index (Phi) is 8.47. The molecule has 0 aromatic heterocycles. The Morgan fingerprint density at radius 3 is 2.25 bits per heavy atom. The lowest BCUT2D eigenvalue weighted by Gasteiger charge is -2.13. The SMILES string of the molecule is CC.COc1cc(C(=O)Nc2cc(Cl)cc(C)c2C(=O)O)ccc1OC(C)=O. The first-order valence-electron chi connectivity index (χ1n) is 8.44. The molecule has 0 saturated carbocycles. The van der Waals surface area contributed by atoms with Gasteiger partial charge in [0.15, 0.2) is 11.5 Å². The molecule has 150 valence electrons. The molecule has 0 atom stereocenters. The number of benzene rings is 2. The number of anilines is 1. The van der Waals surface area contributed by atoms with Crippen LogP contribution in [0.3, 0.4) is 0 Å². The number of hydrogen-bond donors (Lipinski definition) is 2. The highest BCUT2D eigenvalue weighted by molar-refractivity contribution is 6.31. The number of aryl methyl sites for hydroxylation is 1. The Hall–Kier alpha value is -3.06. The monoisotopic (exact) mass is 407 g/mol. The molecular weight excluding hydrogens is 386 g/mol. The predicted molar refractivity (Wildman–Crippen MR) is 107 cm³/mol. The van der Waals surface area contributed by atoms with Crippen LogP contribution < -0.4 is 14.8 Å². The van der Waals surface area contributed by atoms with E-state index in [1.807, 2.05) is 13.8 Å². The molecule has 0 radical (unpaired) electrons. The molecule has 0 spiro atoms. The van der Waals surface area contributed by atoms with Crippen molar-refractivity contribution in [3.05, 3.63) is 52.0 Å². The van der Waals surface area contributed by atoms with Crippen molar-refractivity contribution in [1.29, 1.82) is 0 Å². The molecule has 0 saturated heterocycles. The molecular formula is C20H22ClNO6. The molecule has 0 unspecified atom stereocenters. The first kappa shape index (κ1) is 23.0. The van der Waals surface area contributed by atoms with Gasteiger partial charge in [-0.15, -0.1) is 0 Å². The van der Waals surface area contributed by atoms with E-state index in [0.717, 1.165) is 0 Å². The van der Waals surface area contributed by atoms with Crippen LogP contribution in [0.2, 0.25) is 5.02 Å². The van der Waals surface area contributed by atoms with E-state index in [1.165, 1.54) is 44.4 Å². The lowest BCUT2D eigenvalue weighted by Crippen LogP contribution is -2.16. The summed E-state index contributed by atoms with van der Waals surface area (Å²) < 4.78 is 10.1. The Morgan fingerprint density at radius 1 is 1.07 bits per heavy atom. The van der Waals surface area contributed by atoms with Crippen LogP contribution in [0.5, 0.6) is 11.5 Å². The quantitative estimate of drug-likeness (QED) is 0.556. The zero-order valence-corrected chi connectivity index (χ0v) is 17.0. The molecule has 0 aliphatic heterocycles. The Labute approximate surface area is 168 Å². The van der Waals surface area contributed by atoms with E-state index < -0.39 is 17.8 Å². The summed E-state index contributed by atoms with van der Waals surface area (Å²) in [7, 11) is 1.37. The molecule has 0 aliphatic rings. The summed E-state index contributed by atoms with van der Waals surface area (Å²) in [5, 5.41) is 12.2. The minimum atomic E-state index is -1.18. The number of carboxylic acid groups (broad SMARTS) is 1. The van der Waals surface area contributed by atoms with E-state index in [1.54, 1.807) is 6.92 Å². The fourth-order valence-electron chi connectivity index (χ4n) is 2.37. The number of carbonyl (C=O) groups excluding carboxylic acids is 2. The molecule has 8 heteroatoms. The fraction of sp³-hybridized carbons (Fsp3) is 0.250. The van der Waals surface area contributed by atoms with Crippen LogP contribution in [-0.4, -0.2) is 30.1 Å². The molecule has 2 aromatic rings. The van der Waals surface area contributed by atoms with Crippen molar-refractivity contribution in [1.82, 2.24) is 0 Å². The maximum absolute atomic E-state index is 12.5. The highest BCUT2D eigenvalue weighted by Gasteiger charge is 2.18. The van der Waals surface area contributed by atoms with Gasteiger partial charge in [-0.05, 0) is 42.8 Å². The highest BCUT2D eigenvalue weighted by atomic mass is 35.5. The normalized spacial score (nSPS) is 9.64. The summed E-state index contributed by atoms with van der Waals surface area (Å²) in [6.45, 7) is 6.83. The second-order valence-electron chi connectivity index (χ2n) is 5.36. The Bertz CT molecular complexity index is 895. The second kappa shape index (κ2) is 10.3. The molecule has 2 N–H and O–H groups in total. The number of esters is 1. The standard InChI is InChI=1S/C18H16ClNO6.C2H6/c1-9-6-12(19)8-13(16(9)18(23)24)20-17(22)11-4-5-14(26-10(2)21)15(7-11)25-3;1-2/h4-8H,1-3H3,(H,20,22)(H,23,24);1-2H3. The van der Waals surface area contributed by atoms with Gasteiger partial charge in [0.25, 0.3) is 5.91 Å². The predicted octanol–water partition coefficient (Wildman–Crippen LogP) is 4.56. The number of amides is 1. The number of ether oxygens (including phenoxy) is 2. The maximum Gasteiger partial charge on any atom is 0.338 e. The van der Waals surface area contributed by atoms with Gasteiger partial charge in [-0.2, -0.15) is 0 Å². The van der Waals surface area contributed by atoms with Crippen molar-refractivity contribution >= 4 is 35.1 Å². The third-order valence-electron chi connectivity index (χ3n) is 3.44. The van der Waals surface area contributed by atoms with E-state index in [4.69, 9.17) is 21.1 Å². The summed E-state index contributed by atoms with van der Waals surface area (Å²) >= 11 is 5.96. The molecule has 0 fully saturated rings. The maximum atomic E-state index is 12.5. The molecule has 0 aliphatic carbocycles. The van der Waals surface area contributed by atoms with Gasteiger partial charge in [-0.25, -0.2) is 4.79 Å². The molecule has 7 nitrogen and oxygen atoms in total. The van der Waals surface area contributed by atoms with Crippen LogP contribution in [0.15, 0.2) is 30.3 Å². The van der Waals surface area contributed by atoms with Crippen LogP contribution in [0.1, 0.15) is 47.1 Å². The molecule has 28 heavy (non-hydrogen) atoms.